The molecule has 0 radical (unpaired) electrons. The van der Waals surface area contributed by atoms with Gasteiger partial charge in [0.25, 0.3) is 0 Å². The number of carbonyl (C=O) groups excluding carboxylic acids is 1. The Kier molecular flexibility index (Phi) is 7.07. The smallest absolute Gasteiger partial charge is 0.407 e. The summed E-state index contributed by atoms with van der Waals surface area (Å²) in [6, 6.07) is 0.113. The van der Waals surface area contributed by atoms with Gasteiger partial charge in [-0.25, -0.2) is 9.59 Å². The molecule has 0 spiro atoms. The lowest BCUT2D eigenvalue weighted by Crippen LogP contribution is -2.43. The van der Waals surface area contributed by atoms with Crippen LogP contribution < -0.4 is 10.6 Å². The molecule has 1 aliphatic rings. The number of unbranched alkanes of at least 4 members (excludes halogenated alkanes) is 2. The highest BCUT2D eigenvalue weighted by atomic mass is 16.5. The zero-order valence-electron chi connectivity index (χ0n) is 11.5. The van der Waals surface area contributed by atoms with Crippen LogP contribution in [0.25, 0.3) is 0 Å². The maximum Gasteiger partial charge on any atom is 0.407 e. The van der Waals surface area contributed by atoms with Crippen molar-refractivity contribution in [3.05, 3.63) is 0 Å². The highest BCUT2D eigenvalue weighted by Gasteiger charge is 2.23. The van der Waals surface area contributed by atoms with Crippen LogP contribution in [0.1, 0.15) is 51.9 Å². The van der Waals surface area contributed by atoms with E-state index in [1.807, 2.05) is 0 Å². The molecule has 1 aliphatic carbocycles. The van der Waals surface area contributed by atoms with Crippen LogP contribution in [-0.2, 0) is 4.74 Å². The van der Waals surface area contributed by atoms with Crippen molar-refractivity contribution in [2.24, 2.45) is 0 Å². The molecule has 1 fully saturated rings. The van der Waals surface area contributed by atoms with E-state index < -0.39 is 6.09 Å². The van der Waals surface area contributed by atoms with Gasteiger partial charge >= 0.3 is 12.2 Å². The molecule has 0 bridgehead atoms. The summed E-state index contributed by atoms with van der Waals surface area (Å²) in [4.78, 5) is 22.0. The van der Waals surface area contributed by atoms with Gasteiger partial charge in [-0.05, 0) is 32.1 Å². The highest BCUT2D eigenvalue weighted by Crippen LogP contribution is 2.18. The summed E-state index contributed by atoms with van der Waals surface area (Å²) in [5.41, 5.74) is 0. The molecule has 0 unspecified atom stereocenters. The van der Waals surface area contributed by atoms with E-state index in [0.717, 1.165) is 44.9 Å². The van der Waals surface area contributed by atoms with Crippen LogP contribution in [0, 0.1) is 0 Å². The Bertz CT molecular complexity index is 288. The molecule has 1 rings (SSSR count). The van der Waals surface area contributed by atoms with Crippen molar-refractivity contribution < 1.29 is 19.4 Å². The minimum atomic E-state index is -0.980. The summed E-state index contributed by atoms with van der Waals surface area (Å²) in [6.07, 6.45) is 4.83. The average molecular weight is 272 g/mol. The van der Waals surface area contributed by atoms with E-state index in [0.29, 0.717) is 6.61 Å². The van der Waals surface area contributed by atoms with Crippen LogP contribution >= 0.6 is 0 Å². The second kappa shape index (κ2) is 8.61. The molecule has 2 amide bonds. The Balaban J connectivity index is 2.11. The third kappa shape index (κ3) is 6.88. The van der Waals surface area contributed by atoms with Crippen LogP contribution in [0.4, 0.5) is 9.59 Å². The minimum absolute atomic E-state index is 0.0103. The summed E-state index contributed by atoms with van der Waals surface area (Å²) in [5, 5.41) is 13.9. The number of hydrogen-bond donors (Lipinski definition) is 3. The fraction of sp³-hybridized carbons (Fsp3) is 0.846. The van der Waals surface area contributed by atoms with Gasteiger partial charge in [-0.1, -0.05) is 19.8 Å². The number of carboxylic acid groups (broad SMARTS) is 1. The largest absolute Gasteiger partial charge is 0.465 e. The van der Waals surface area contributed by atoms with E-state index >= 15 is 0 Å². The molecule has 1 saturated carbocycles. The molecule has 6 heteroatoms. The number of alkyl carbamates (subject to hydrolysis) is 1. The Hall–Kier alpha value is -1.46. The first-order chi connectivity index (χ1) is 9.11. The van der Waals surface area contributed by atoms with Gasteiger partial charge in [0, 0.05) is 12.1 Å². The molecule has 3 N–H and O–H groups in total. The first-order valence-corrected chi connectivity index (χ1v) is 7.04. The molecule has 6 nitrogen and oxygen atoms in total. The van der Waals surface area contributed by atoms with Crippen molar-refractivity contribution in [3.8, 4) is 0 Å². The maximum atomic E-state index is 11.5. The first-order valence-electron chi connectivity index (χ1n) is 7.04. The molecule has 0 aliphatic heterocycles. The van der Waals surface area contributed by atoms with Gasteiger partial charge in [-0.15, -0.1) is 0 Å². The Morgan fingerprint density at radius 3 is 2.21 bits per heavy atom. The molecular formula is C13H24N2O4. The third-order valence-corrected chi connectivity index (χ3v) is 3.36. The van der Waals surface area contributed by atoms with Crippen molar-refractivity contribution in [2.45, 2.75) is 64.0 Å². The lowest BCUT2D eigenvalue weighted by Gasteiger charge is -2.28. The van der Waals surface area contributed by atoms with Crippen molar-refractivity contribution in [3.63, 3.8) is 0 Å². The fourth-order valence-electron chi connectivity index (χ4n) is 2.28. The van der Waals surface area contributed by atoms with E-state index in [9.17, 15) is 9.59 Å². The van der Waals surface area contributed by atoms with Gasteiger partial charge in [0.1, 0.15) is 0 Å². The van der Waals surface area contributed by atoms with Crippen molar-refractivity contribution in [1.29, 1.82) is 0 Å². The van der Waals surface area contributed by atoms with Gasteiger partial charge < -0.3 is 20.5 Å². The van der Waals surface area contributed by atoms with Crippen LogP contribution in [0.15, 0.2) is 0 Å². The number of rotatable bonds is 6. The minimum Gasteiger partial charge on any atom is -0.465 e. The van der Waals surface area contributed by atoms with Crippen LogP contribution in [0.3, 0.4) is 0 Å². The van der Waals surface area contributed by atoms with Gasteiger partial charge in [-0.2, -0.15) is 0 Å². The molecule has 0 aromatic carbocycles. The van der Waals surface area contributed by atoms with Crippen LogP contribution in [0.2, 0.25) is 0 Å². The standard InChI is InChI=1S/C13H24N2O4/c1-2-3-4-9-19-13(18)15-11-7-5-10(6-8-11)14-12(16)17/h10-11,14H,2-9H2,1H3,(H,15,18)(H,16,17). The summed E-state index contributed by atoms with van der Waals surface area (Å²) >= 11 is 0. The number of nitrogens with one attached hydrogen (secondary N) is 2. The number of amides is 2. The third-order valence-electron chi connectivity index (χ3n) is 3.36. The predicted octanol–water partition coefficient (Wildman–Crippen LogP) is 2.48. The Labute approximate surface area is 113 Å². The monoisotopic (exact) mass is 272 g/mol. The average Bonchev–Trinajstić information content (AvgIpc) is 2.36. The normalized spacial score (nSPS) is 22.6. The SMILES string of the molecule is CCCCCOC(=O)NC1CCC(NC(=O)O)CC1. The van der Waals surface area contributed by atoms with E-state index in [-0.39, 0.29) is 18.2 Å². The Morgan fingerprint density at radius 1 is 1.11 bits per heavy atom. The lowest BCUT2D eigenvalue weighted by atomic mass is 9.91. The van der Waals surface area contributed by atoms with Gasteiger partial charge in [-0.3, -0.25) is 0 Å². The predicted molar refractivity (Wildman–Crippen MR) is 71.2 cm³/mol. The Morgan fingerprint density at radius 2 is 1.68 bits per heavy atom. The maximum absolute atomic E-state index is 11.5. The molecule has 0 aromatic heterocycles. The number of carbonyl (C=O) groups is 2. The zero-order chi connectivity index (χ0) is 14.1. The molecule has 0 heterocycles. The number of ether oxygens (including phenoxy) is 1. The zero-order valence-corrected chi connectivity index (χ0v) is 11.5. The fourth-order valence-corrected chi connectivity index (χ4v) is 2.28. The van der Waals surface area contributed by atoms with E-state index in [1.54, 1.807) is 0 Å². The van der Waals surface area contributed by atoms with E-state index in [1.165, 1.54) is 0 Å². The topological polar surface area (TPSA) is 87.7 Å². The summed E-state index contributed by atoms with van der Waals surface area (Å²) in [5.74, 6) is 0. The van der Waals surface area contributed by atoms with Crippen LogP contribution in [0.5, 0.6) is 0 Å². The first kappa shape index (κ1) is 15.6. The summed E-state index contributed by atoms with van der Waals surface area (Å²) in [6.45, 7) is 2.57. The second-order valence-electron chi connectivity index (χ2n) is 4.99. The summed E-state index contributed by atoms with van der Waals surface area (Å²) < 4.78 is 5.08. The van der Waals surface area contributed by atoms with Gasteiger partial charge in [0.05, 0.1) is 6.61 Å². The molecule has 0 saturated heterocycles. The molecular weight excluding hydrogens is 248 g/mol. The van der Waals surface area contributed by atoms with E-state index in [4.69, 9.17) is 9.84 Å². The lowest BCUT2D eigenvalue weighted by molar-refractivity contribution is 0.135. The molecule has 0 atom stereocenters. The highest BCUT2D eigenvalue weighted by molar-refractivity contribution is 5.67. The van der Waals surface area contributed by atoms with Crippen LogP contribution in [-0.4, -0.2) is 36.0 Å². The van der Waals surface area contributed by atoms with E-state index in [2.05, 4.69) is 17.6 Å². The van der Waals surface area contributed by atoms with Gasteiger partial charge in [0.15, 0.2) is 0 Å². The second-order valence-corrected chi connectivity index (χ2v) is 4.99. The quantitative estimate of drug-likeness (QED) is 0.648. The number of hydrogen-bond acceptors (Lipinski definition) is 3. The molecule has 0 aromatic rings. The summed E-state index contributed by atoms with van der Waals surface area (Å²) in [7, 11) is 0. The van der Waals surface area contributed by atoms with Crippen molar-refractivity contribution in [1.82, 2.24) is 10.6 Å². The van der Waals surface area contributed by atoms with Crippen molar-refractivity contribution in [2.75, 3.05) is 6.61 Å². The van der Waals surface area contributed by atoms with Crippen molar-refractivity contribution >= 4 is 12.2 Å². The molecule has 19 heavy (non-hydrogen) atoms. The van der Waals surface area contributed by atoms with Gasteiger partial charge in [0.2, 0.25) is 0 Å². The molecule has 110 valence electrons.